The Labute approximate surface area is 272 Å². The van der Waals surface area contributed by atoms with Crippen molar-refractivity contribution >= 4 is 69.8 Å². The minimum Gasteiger partial charge on any atom is -0.399 e. The maximum Gasteiger partial charge on any atom is 0.254 e. The van der Waals surface area contributed by atoms with Crippen molar-refractivity contribution in [3.05, 3.63) is 67.6 Å². The fraction of sp³-hybridized carbons (Fsp3) is 0.467. The maximum absolute atomic E-state index is 13.3. The molecular weight excluding hydrogens is 636 g/mol. The zero-order valence-corrected chi connectivity index (χ0v) is 27.3. The smallest absolute Gasteiger partial charge is 0.254 e. The van der Waals surface area contributed by atoms with Crippen molar-refractivity contribution in [3.8, 4) is 0 Å². The molecule has 2 aliphatic heterocycles. The molecule has 0 aliphatic carbocycles. The normalized spacial score (nSPS) is 19.3. The highest BCUT2D eigenvalue weighted by molar-refractivity contribution is 6.42. The number of benzene rings is 2. The standard InChI is InChI=1S/C30H35Cl4N5O4/c1-18-29(41)39(17-28(40)35-18)23-6-9-38(10-7-23)11-8-24(19-4-5-25(33)26(34)14-19)27(36-43-3)16-37(2)30(42)20-12-21(31)15-22(32)13-20/h4-5,12-15,18,23-24H,6-11,16-17H2,1-3H3,(H,35,40)/b36-27-/t18-,24-/m1/s1. The summed E-state index contributed by atoms with van der Waals surface area (Å²) in [6.07, 6.45) is 2.22. The molecule has 2 aromatic rings. The van der Waals surface area contributed by atoms with Crippen LogP contribution in [0.4, 0.5) is 0 Å². The van der Waals surface area contributed by atoms with E-state index in [1.807, 2.05) is 12.1 Å². The van der Waals surface area contributed by atoms with Crippen LogP contribution in [0.3, 0.4) is 0 Å². The number of hydrogen-bond donors (Lipinski definition) is 1. The molecule has 2 fully saturated rings. The molecule has 0 radical (unpaired) electrons. The second-order valence-corrected chi connectivity index (χ2v) is 12.6. The predicted molar refractivity (Wildman–Crippen MR) is 170 cm³/mol. The van der Waals surface area contributed by atoms with Gasteiger partial charge in [0.15, 0.2) is 0 Å². The monoisotopic (exact) mass is 669 g/mol. The zero-order chi connectivity index (χ0) is 31.3. The summed E-state index contributed by atoms with van der Waals surface area (Å²) in [5, 5.41) is 8.66. The number of nitrogens with zero attached hydrogens (tertiary/aromatic N) is 4. The Hall–Kier alpha value is -2.56. The number of piperidine rings is 1. The molecule has 2 aliphatic rings. The van der Waals surface area contributed by atoms with Gasteiger partial charge >= 0.3 is 0 Å². The van der Waals surface area contributed by atoms with Gasteiger partial charge in [-0.25, -0.2) is 0 Å². The average Bonchev–Trinajstić information content (AvgIpc) is 2.96. The molecule has 43 heavy (non-hydrogen) atoms. The number of carbonyl (C=O) groups is 3. The summed E-state index contributed by atoms with van der Waals surface area (Å²) in [5.74, 6) is -0.653. The quantitative estimate of drug-likeness (QED) is 0.271. The van der Waals surface area contributed by atoms with Gasteiger partial charge in [0.1, 0.15) is 13.2 Å². The van der Waals surface area contributed by atoms with E-state index in [4.69, 9.17) is 51.2 Å². The van der Waals surface area contributed by atoms with Crippen LogP contribution in [0.2, 0.25) is 20.1 Å². The van der Waals surface area contributed by atoms with Crippen LogP contribution in [0, 0.1) is 0 Å². The Balaban J connectivity index is 1.48. The van der Waals surface area contributed by atoms with Gasteiger partial charge in [-0.1, -0.05) is 57.6 Å². The number of hydrogen-bond acceptors (Lipinski definition) is 6. The van der Waals surface area contributed by atoms with Crippen LogP contribution in [-0.4, -0.2) is 97.1 Å². The average molecular weight is 671 g/mol. The Morgan fingerprint density at radius 3 is 2.37 bits per heavy atom. The largest absolute Gasteiger partial charge is 0.399 e. The number of rotatable bonds is 10. The third-order valence-corrected chi connectivity index (χ3v) is 9.06. The van der Waals surface area contributed by atoms with Crippen LogP contribution in [0.25, 0.3) is 0 Å². The molecule has 0 aromatic heterocycles. The Morgan fingerprint density at radius 1 is 1.07 bits per heavy atom. The molecule has 2 aromatic carbocycles. The molecule has 2 heterocycles. The second kappa shape index (κ2) is 14.9. The molecule has 4 rings (SSSR count). The SMILES string of the molecule is CO/N=C(/CN(C)C(=O)c1cc(Cl)cc(Cl)c1)[C@H](CCN1CCC(N2CC(=O)N[C@H](C)C2=O)CC1)c1ccc(Cl)c(Cl)c1. The Kier molecular flexibility index (Phi) is 11.6. The first-order valence-electron chi connectivity index (χ1n) is 14.1. The molecule has 0 unspecified atom stereocenters. The lowest BCUT2D eigenvalue weighted by Gasteiger charge is -2.41. The van der Waals surface area contributed by atoms with Crippen molar-refractivity contribution in [3.63, 3.8) is 0 Å². The highest BCUT2D eigenvalue weighted by Gasteiger charge is 2.36. The number of halogens is 4. The first kappa shape index (κ1) is 33.3. The minimum atomic E-state index is -0.495. The zero-order valence-electron chi connectivity index (χ0n) is 24.3. The third-order valence-electron chi connectivity index (χ3n) is 7.89. The van der Waals surface area contributed by atoms with Crippen molar-refractivity contribution in [2.24, 2.45) is 5.16 Å². The van der Waals surface area contributed by atoms with E-state index in [1.165, 1.54) is 7.11 Å². The lowest BCUT2D eigenvalue weighted by atomic mass is 9.89. The number of nitrogens with one attached hydrogen (secondary N) is 1. The van der Waals surface area contributed by atoms with E-state index >= 15 is 0 Å². The van der Waals surface area contributed by atoms with E-state index in [9.17, 15) is 14.4 Å². The molecule has 2 atom stereocenters. The highest BCUT2D eigenvalue weighted by Crippen LogP contribution is 2.31. The molecule has 0 bridgehead atoms. The van der Waals surface area contributed by atoms with E-state index < -0.39 is 6.04 Å². The van der Waals surface area contributed by atoms with Crippen LogP contribution in [0.15, 0.2) is 41.6 Å². The van der Waals surface area contributed by atoms with Crippen LogP contribution in [-0.2, 0) is 14.4 Å². The molecule has 232 valence electrons. The summed E-state index contributed by atoms with van der Waals surface area (Å²) in [6, 6.07) is 9.73. The van der Waals surface area contributed by atoms with Gasteiger partial charge < -0.3 is 24.9 Å². The first-order valence-corrected chi connectivity index (χ1v) is 15.6. The number of carbonyl (C=O) groups excluding carboxylic acids is 3. The molecule has 2 saturated heterocycles. The van der Waals surface area contributed by atoms with Crippen molar-refractivity contribution < 1.29 is 19.2 Å². The van der Waals surface area contributed by atoms with Gasteiger partial charge in [0, 0.05) is 47.7 Å². The molecular formula is C30H35Cl4N5O4. The van der Waals surface area contributed by atoms with Gasteiger partial charge in [-0.15, -0.1) is 0 Å². The summed E-state index contributed by atoms with van der Waals surface area (Å²) in [6.45, 7) is 4.30. The number of likely N-dealkylation sites (tertiary alicyclic amines) is 1. The third kappa shape index (κ3) is 8.54. The molecule has 0 saturated carbocycles. The maximum atomic E-state index is 13.3. The van der Waals surface area contributed by atoms with Crippen molar-refractivity contribution in [2.75, 3.05) is 46.9 Å². The van der Waals surface area contributed by atoms with E-state index in [-0.39, 0.29) is 42.8 Å². The van der Waals surface area contributed by atoms with E-state index in [0.29, 0.717) is 37.8 Å². The van der Waals surface area contributed by atoms with Crippen LogP contribution < -0.4 is 5.32 Å². The molecule has 0 spiro atoms. The Bertz CT molecular complexity index is 1360. The van der Waals surface area contributed by atoms with Gasteiger partial charge in [0.2, 0.25) is 11.8 Å². The minimum absolute atomic E-state index is 0.0307. The number of piperazine rings is 1. The molecule has 3 amide bonds. The van der Waals surface area contributed by atoms with Gasteiger partial charge in [0.05, 0.1) is 28.8 Å². The van der Waals surface area contributed by atoms with Gasteiger partial charge in [-0.2, -0.15) is 0 Å². The number of oxime groups is 1. The predicted octanol–water partition coefficient (Wildman–Crippen LogP) is 5.36. The lowest BCUT2D eigenvalue weighted by molar-refractivity contribution is -0.147. The molecule has 13 heteroatoms. The van der Waals surface area contributed by atoms with Crippen LogP contribution in [0.1, 0.15) is 48.0 Å². The van der Waals surface area contributed by atoms with E-state index in [1.54, 1.807) is 48.0 Å². The topological polar surface area (TPSA) is 94.6 Å². The summed E-state index contributed by atoms with van der Waals surface area (Å²) in [7, 11) is 3.15. The van der Waals surface area contributed by atoms with Crippen molar-refractivity contribution in [1.29, 1.82) is 0 Å². The lowest BCUT2D eigenvalue weighted by Crippen LogP contribution is -2.61. The Morgan fingerprint density at radius 2 is 1.74 bits per heavy atom. The summed E-state index contributed by atoms with van der Waals surface area (Å²) in [4.78, 5) is 48.9. The van der Waals surface area contributed by atoms with Gasteiger partial charge in [0.25, 0.3) is 5.91 Å². The van der Waals surface area contributed by atoms with E-state index in [2.05, 4.69) is 15.4 Å². The van der Waals surface area contributed by atoms with Crippen LogP contribution >= 0.6 is 46.4 Å². The molecule has 9 nitrogen and oxygen atoms in total. The second-order valence-electron chi connectivity index (χ2n) is 10.9. The van der Waals surface area contributed by atoms with Crippen molar-refractivity contribution in [2.45, 2.75) is 44.2 Å². The molecule has 1 N–H and O–H groups in total. The van der Waals surface area contributed by atoms with Crippen LogP contribution in [0.5, 0.6) is 0 Å². The highest BCUT2D eigenvalue weighted by atomic mass is 35.5. The van der Waals surface area contributed by atoms with Gasteiger partial charge in [-0.3, -0.25) is 14.4 Å². The summed E-state index contributed by atoms with van der Waals surface area (Å²) >= 11 is 24.9. The fourth-order valence-corrected chi connectivity index (χ4v) is 6.53. The van der Waals surface area contributed by atoms with E-state index in [0.717, 1.165) is 38.0 Å². The van der Waals surface area contributed by atoms with Gasteiger partial charge in [-0.05, 0) is 68.6 Å². The van der Waals surface area contributed by atoms with Crippen molar-refractivity contribution in [1.82, 2.24) is 20.0 Å². The fourth-order valence-electron chi connectivity index (χ4n) is 5.69. The first-order chi connectivity index (χ1) is 20.5. The summed E-state index contributed by atoms with van der Waals surface area (Å²) < 4.78 is 0. The summed E-state index contributed by atoms with van der Waals surface area (Å²) in [5.41, 5.74) is 1.90. The number of amides is 3.